The molecule has 0 saturated carbocycles. The van der Waals surface area contributed by atoms with Crippen LogP contribution in [0.4, 0.5) is 0 Å². The number of ether oxygens (including phenoxy) is 2. The summed E-state index contributed by atoms with van der Waals surface area (Å²) < 4.78 is 10.9. The summed E-state index contributed by atoms with van der Waals surface area (Å²) in [6.07, 6.45) is 1.77. The number of esters is 1. The third-order valence-corrected chi connectivity index (χ3v) is 7.85. The van der Waals surface area contributed by atoms with Crippen LogP contribution in [0.3, 0.4) is 0 Å². The number of β-lactam (4-membered cyclic amide) rings is 1. The Hall–Kier alpha value is -2.65. The van der Waals surface area contributed by atoms with E-state index in [0.29, 0.717) is 11.5 Å². The summed E-state index contributed by atoms with van der Waals surface area (Å²) in [7, 11) is 0. The van der Waals surface area contributed by atoms with Crippen LogP contribution in [0.15, 0.2) is 60.7 Å². The lowest BCUT2D eigenvalue weighted by Crippen LogP contribution is -2.77. The van der Waals surface area contributed by atoms with Gasteiger partial charge in [0, 0.05) is 5.75 Å². The maximum absolute atomic E-state index is 13.0. The molecule has 2 saturated heterocycles. The van der Waals surface area contributed by atoms with Gasteiger partial charge in [-0.1, -0.05) is 48.5 Å². The van der Waals surface area contributed by atoms with E-state index in [1.54, 1.807) is 18.4 Å². The minimum absolute atomic E-state index is 0.161. The fourth-order valence-electron chi connectivity index (χ4n) is 3.57. The molecule has 0 bridgehead atoms. The first-order valence-electron chi connectivity index (χ1n) is 9.74. The standard InChI is InChI=1S/C22H22N2O5S2/c1-30-22(23-18(25)13-28-16-10-6-3-7-11-16)20(27)24-17(14-31-21(22)24)19(26)29-12-15-8-4-2-5-9-15/h2-11,17,21H,12-14H2,1H3,(H,23,25)/t17?,21-,22+/m1/s1. The number of rotatable bonds is 8. The van der Waals surface area contributed by atoms with Crippen LogP contribution in [0.25, 0.3) is 0 Å². The highest BCUT2D eigenvalue weighted by molar-refractivity contribution is 8.05. The summed E-state index contributed by atoms with van der Waals surface area (Å²) in [6, 6.07) is 17.7. The van der Waals surface area contributed by atoms with Gasteiger partial charge in [0.2, 0.25) is 0 Å². The topological polar surface area (TPSA) is 84.9 Å². The highest BCUT2D eigenvalue weighted by Gasteiger charge is 2.67. The van der Waals surface area contributed by atoms with Gasteiger partial charge in [0.15, 0.2) is 11.5 Å². The monoisotopic (exact) mass is 458 g/mol. The molecule has 1 N–H and O–H groups in total. The van der Waals surface area contributed by atoms with Crippen molar-refractivity contribution in [3.63, 3.8) is 0 Å². The van der Waals surface area contributed by atoms with Crippen molar-refractivity contribution >= 4 is 41.3 Å². The van der Waals surface area contributed by atoms with Crippen molar-refractivity contribution in [1.82, 2.24) is 10.2 Å². The van der Waals surface area contributed by atoms with Crippen LogP contribution in [0.1, 0.15) is 5.56 Å². The van der Waals surface area contributed by atoms with E-state index in [1.165, 1.54) is 28.4 Å². The average Bonchev–Trinajstić information content (AvgIpc) is 3.23. The molecule has 9 heteroatoms. The predicted octanol–water partition coefficient (Wildman–Crippen LogP) is 2.27. The van der Waals surface area contributed by atoms with E-state index in [4.69, 9.17) is 9.47 Å². The van der Waals surface area contributed by atoms with E-state index in [1.807, 2.05) is 48.5 Å². The number of hydrogen-bond donors (Lipinski definition) is 1. The van der Waals surface area contributed by atoms with Gasteiger partial charge in [0.25, 0.3) is 11.8 Å². The van der Waals surface area contributed by atoms with Gasteiger partial charge in [-0.3, -0.25) is 9.59 Å². The molecule has 2 heterocycles. The fraction of sp³-hybridized carbons (Fsp3) is 0.318. The Balaban J connectivity index is 1.34. The lowest BCUT2D eigenvalue weighted by atomic mass is 10.0. The van der Waals surface area contributed by atoms with Crippen LogP contribution in [0, 0.1) is 0 Å². The van der Waals surface area contributed by atoms with Crippen molar-refractivity contribution in [2.45, 2.75) is 22.9 Å². The zero-order chi connectivity index (χ0) is 21.8. The molecule has 2 aliphatic rings. The Morgan fingerprint density at radius 2 is 1.84 bits per heavy atom. The van der Waals surface area contributed by atoms with Gasteiger partial charge in [-0.2, -0.15) is 0 Å². The van der Waals surface area contributed by atoms with Gasteiger partial charge in [0.1, 0.15) is 23.8 Å². The fourth-order valence-corrected chi connectivity index (χ4v) is 6.33. The molecular formula is C22H22N2O5S2. The SMILES string of the molecule is CS[C@@]1(NC(=O)COc2ccccc2)C(=O)N2C(C(=O)OCc3ccccc3)CS[C@@H]21. The molecule has 162 valence electrons. The van der Waals surface area contributed by atoms with Crippen molar-refractivity contribution in [2.75, 3.05) is 18.6 Å². The Bertz CT molecular complexity index is 959. The van der Waals surface area contributed by atoms with Crippen molar-refractivity contribution < 1.29 is 23.9 Å². The van der Waals surface area contributed by atoms with E-state index >= 15 is 0 Å². The molecular weight excluding hydrogens is 436 g/mol. The van der Waals surface area contributed by atoms with Crippen molar-refractivity contribution in [3.05, 3.63) is 66.2 Å². The first-order valence-corrected chi connectivity index (χ1v) is 12.0. The molecule has 31 heavy (non-hydrogen) atoms. The first-order chi connectivity index (χ1) is 15.0. The van der Waals surface area contributed by atoms with Crippen molar-refractivity contribution in [3.8, 4) is 5.75 Å². The van der Waals surface area contributed by atoms with E-state index in [2.05, 4.69) is 5.32 Å². The Kier molecular flexibility index (Phi) is 6.43. The molecule has 3 atom stereocenters. The second kappa shape index (κ2) is 9.23. The molecule has 0 aliphatic carbocycles. The first kappa shape index (κ1) is 21.6. The van der Waals surface area contributed by atoms with Crippen LogP contribution in [0.5, 0.6) is 5.75 Å². The van der Waals surface area contributed by atoms with Gasteiger partial charge >= 0.3 is 5.97 Å². The number of carbonyl (C=O) groups excluding carboxylic acids is 3. The third kappa shape index (κ3) is 4.24. The van der Waals surface area contributed by atoms with E-state index in [-0.39, 0.29) is 30.4 Å². The maximum Gasteiger partial charge on any atom is 0.330 e. The number of fused-ring (bicyclic) bond motifs is 1. The number of para-hydroxylation sites is 1. The summed E-state index contributed by atoms with van der Waals surface area (Å²) in [5.41, 5.74) is 0.886. The molecule has 7 nitrogen and oxygen atoms in total. The molecule has 0 radical (unpaired) electrons. The Morgan fingerprint density at radius 3 is 2.52 bits per heavy atom. The number of carbonyl (C=O) groups is 3. The number of benzene rings is 2. The molecule has 4 rings (SSSR count). The smallest absolute Gasteiger partial charge is 0.330 e. The Labute approximate surface area is 188 Å². The molecule has 0 aromatic heterocycles. The summed E-state index contributed by atoms with van der Waals surface area (Å²) in [5, 5.41) is 2.49. The van der Waals surface area contributed by atoms with Crippen molar-refractivity contribution in [1.29, 1.82) is 0 Å². The van der Waals surface area contributed by atoms with Crippen molar-refractivity contribution in [2.24, 2.45) is 0 Å². The van der Waals surface area contributed by atoms with Gasteiger partial charge in [-0.15, -0.1) is 23.5 Å². The number of thioether (sulfide) groups is 2. The predicted molar refractivity (Wildman–Crippen MR) is 119 cm³/mol. The van der Waals surface area contributed by atoms with Crippen LogP contribution < -0.4 is 10.1 Å². The molecule has 2 amide bonds. The zero-order valence-electron chi connectivity index (χ0n) is 16.9. The normalized spacial score (nSPS) is 24.2. The molecule has 0 spiro atoms. The third-order valence-electron chi connectivity index (χ3n) is 5.16. The maximum atomic E-state index is 13.0. The number of hydrogen-bond acceptors (Lipinski definition) is 7. The zero-order valence-corrected chi connectivity index (χ0v) is 18.5. The molecule has 1 unspecified atom stereocenters. The molecule has 2 fully saturated rings. The number of nitrogens with one attached hydrogen (secondary N) is 1. The van der Waals surface area contributed by atoms with E-state index < -0.39 is 16.9 Å². The van der Waals surface area contributed by atoms with E-state index in [9.17, 15) is 14.4 Å². The lowest BCUT2D eigenvalue weighted by Gasteiger charge is -2.52. The van der Waals surface area contributed by atoms with Crippen LogP contribution >= 0.6 is 23.5 Å². The van der Waals surface area contributed by atoms with Gasteiger partial charge in [-0.25, -0.2) is 4.79 Å². The Morgan fingerprint density at radius 1 is 1.16 bits per heavy atom. The summed E-state index contributed by atoms with van der Waals surface area (Å²) in [5.74, 6) is -0.0934. The summed E-state index contributed by atoms with van der Waals surface area (Å²) in [4.78, 5) is 38.5. The lowest BCUT2D eigenvalue weighted by molar-refractivity contribution is -0.164. The highest BCUT2D eigenvalue weighted by Crippen LogP contribution is 2.50. The molecule has 2 aromatic rings. The van der Waals surface area contributed by atoms with Crippen LogP contribution in [-0.4, -0.2) is 57.6 Å². The number of amides is 2. The number of nitrogens with zero attached hydrogens (tertiary/aromatic N) is 1. The minimum Gasteiger partial charge on any atom is -0.484 e. The minimum atomic E-state index is -1.10. The van der Waals surface area contributed by atoms with Crippen LogP contribution in [0.2, 0.25) is 0 Å². The van der Waals surface area contributed by atoms with Gasteiger partial charge in [-0.05, 0) is 24.0 Å². The molecule has 2 aromatic carbocycles. The van der Waals surface area contributed by atoms with Gasteiger partial charge in [0.05, 0.1) is 0 Å². The average molecular weight is 459 g/mol. The second-order valence-corrected chi connectivity index (χ2v) is 9.26. The van der Waals surface area contributed by atoms with Crippen LogP contribution in [-0.2, 0) is 25.7 Å². The summed E-state index contributed by atoms with van der Waals surface area (Å²) in [6.45, 7) is -0.0334. The quantitative estimate of drug-likeness (QED) is 0.369. The largest absolute Gasteiger partial charge is 0.484 e. The highest BCUT2D eigenvalue weighted by atomic mass is 32.2. The summed E-state index contributed by atoms with van der Waals surface area (Å²) >= 11 is 2.74. The second-order valence-electron chi connectivity index (χ2n) is 7.10. The van der Waals surface area contributed by atoms with Gasteiger partial charge < -0.3 is 19.7 Å². The van der Waals surface area contributed by atoms with E-state index in [0.717, 1.165) is 5.56 Å². The molecule has 2 aliphatic heterocycles.